The number of anilines is 2. The second-order valence-electron chi connectivity index (χ2n) is 11.7. The fourth-order valence-corrected chi connectivity index (χ4v) is 7.36. The van der Waals surface area contributed by atoms with E-state index in [4.69, 9.17) is 9.51 Å². The fraction of sp³-hybridized carbons (Fsp3) is 0.438. The van der Waals surface area contributed by atoms with Gasteiger partial charge >= 0.3 is 0 Å². The first-order valence-corrected chi connectivity index (χ1v) is 14.5. The van der Waals surface area contributed by atoms with Crippen LogP contribution in [0.3, 0.4) is 0 Å². The molecular weight excluding hydrogens is 484 g/mol. The fourth-order valence-electron chi connectivity index (χ4n) is 7.36. The van der Waals surface area contributed by atoms with Crippen molar-refractivity contribution in [2.75, 3.05) is 16.8 Å². The van der Waals surface area contributed by atoms with Crippen molar-refractivity contribution >= 4 is 11.6 Å². The highest BCUT2D eigenvalue weighted by atomic mass is 16.5. The van der Waals surface area contributed by atoms with E-state index in [0.717, 1.165) is 34.6 Å². The molecule has 2 aromatic carbocycles. The molecule has 0 spiro atoms. The Morgan fingerprint density at radius 3 is 2.54 bits per heavy atom. The van der Waals surface area contributed by atoms with Crippen LogP contribution in [0.15, 0.2) is 71.4 Å². The van der Waals surface area contributed by atoms with Crippen molar-refractivity contribution < 1.29 is 4.52 Å². The Labute approximate surface area is 230 Å². The van der Waals surface area contributed by atoms with Crippen molar-refractivity contribution in [3.05, 3.63) is 72.8 Å². The van der Waals surface area contributed by atoms with Crippen molar-refractivity contribution in [1.82, 2.24) is 20.1 Å². The molecule has 7 rings (SSSR count). The number of piperidine rings is 1. The second-order valence-corrected chi connectivity index (χ2v) is 11.7. The largest absolute Gasteiger partial charge is 0.368 e. The van der Waals surface area contributed by atoms with Crippen LogP contribution >= 0.6 is 0 Å². The van der Waals surface area contributed by atoms with Crippen molar-refractivity contribution in [2.24, 2.45) is 17.8 Å². The van der Waals surface area contributed by atoms with Gasteiger partial charge in [-0.2, -0.15) is 4.98 Å². The summed E-state index contributed by atoms with van der Waals surface area (Å²) in [5, 5.41) is 7.84. The minimum Gasteiger partial charge on any atom is -0.368 e. The molecule has 5 atom stereocenters. The van der Waals surface area contributed by atoms with Gasteiger partial charge in [0.05, 0.1) is 5.69 Å². The summed E-state index contributed by atoms with van der Waals surface area (Å²) in [7, 11) is 0. The smallest absolute Gasteiger partial charge is 0.223 e. The van der Waals surface area contributed by atoms with Crippen LogP contribution in [0.1, 0.15) is 50.8 Å². The highest BCUT2D eigenvalue weighted by molar-refractivity contribution is 5.61. The number of aromatic nitrogens is 4. The Hall–Kier alpha value is -3.74. The zero-order valence-corrected chi connectivity index (χ0v) is 22.5. The van der Waals surface area contributed by atoms with Gasteiger partial charge in [0.15, 0.2) is 0 Å². The molecule has 7 heteroatoms. The highest BCUT2D eigenvalue weighted by Crippen LogP contribution is 2.48. The highest BCUT2D eigenvalue weighted by Gasteiger charge is 2.46. The summed E-state index contributed by atoms with van der Waals surface area (Å²) >= 11 is 0. The van der Waals surface area contributed by atoms with Crippen molar-refractivity contribution in [3.8, 4) is 22.6 Å². The first-order chi connectivity index (χ1) is 19.2. The predicted octanol–water partition coefficient (Wildman–Crippen LogP) is 6.78. The zero-order valence-electron chi connectivity index (χ0n) is 22.5. The molecule has 4 aromatic rings. The molecule has 3 aliphatic rings. The number of nitrogens with one attached hydrogen (secondary N) is 1. The molecule has 39 heavy (non-hydrogen) atoms. The van der Waals surface area contributed by atoms with Crippen molar-refractivity contribution in [1.29, 1.82) is 0 Å². The predicted molar refractivity (Wildman–Crippen MR) is 153 cm³/mol. The molecule has 7 nitrogen and oxygen atoms in total. The van der Waals surface area contributed by atoms with E-state index in [-0.39, 0.29) is 0 Å². The van der Waals surface area contributed by atoms with Gasteiger partial charge in [-0.1, -0.05) is 48.3 Å². The first kappa shape index (κ1) is 24.3. The van der Waals surface area contributed by atoms with Gasteiger partial charge in [-0.25, -0.2) is 9.97 Å². The average molecular weight is 521 g/mol. The van der Waals surface area contributed by atoms with E-state index in [1.54, 1.807) is 0 Å². The summed E-state index contributed by atoms with van der Waals surface area (Å²) in [6.45, 7) is 3.00. The summed E-state index contributed by atoms with van der Waals surface area (Å²) < 4.78 is 5.16. The van der Waals surface area contributed by atoms with Crippen LogP contribution in [0.5, 0.6) is 0 Å². The molecule has 2 saturated carbocycles. The molecule has 1 aliphatic heterocycles. The maximum atomic E-state index is 5.16. The minimum atomic E-state index is 0.440. The molecule has 3 heterocycles. The second kappa shape index (κ2) is 10.4. The Morgan fingerprint density at radius 1 is 0.897 bits per heavy atom. The Morgan fingerprint density at radius 2 is 1.74 bits per heavy atom. The van der Waals surface area contributed by atoms with Crippen molar-refractivity contribution in [2.45, 2.75) is 64.0 Å². The number of hydrogen-bond donors (Lipinski definition) is 1. The zero-order chi connectivity index (χ0) is 26.2. The van der Waals surface area contributed by atoms with Gasteiger partial charge in [-0.3, -0.25) is 0 Å². The molecule has 0 radical (unpaired) electrons. The van der Waals surface area contributed by atoms with Gasteiger partial charge < -0.3 is 14.7 Å². The minimum absolute atomic E-state index is 0.440. The van der Waals surface area contributed by atoms with Gasteiger partial charge in [0.1, 0.15) is 0 Å². The first-order valence-electron chi connectivity index (χ1n) is 14.5. The normalized spacial score (nSPS) is 26.2. The molecule has 0 unspecified atom stereocenters. The summed E-state index contributed by atoms with van der Waals surface area (Å²) in [5.41, 5.74) is 4.43. The van der Waals surface area contributed by atoms with Crippen molar-refractivity contribution in [3.63, 3.8) is 0 Å². The quantitative estimate of drug-likeness (QED) is 0.288. The summed E-state index contributed by atoms with van der Waals surface area (Å²) in [6, 6.07) is 22.2. The molecular formula is C32H36N6O. The van der Waals surface area contributed by atoms with E-state index in [1.807, 2.05) is 25.3 Å². The molecule has 200 valence electrons. The number of nitrogens with zero attached hydrogens (tertiary/aromatic N) is 5. The number of fused-ring (bicyclic) bond motifs is 2. The topological polar surface area (TPSA) is 80.0 Å². The van der Waals surface area contributed by atoms with Crippen LogP contribution in [0.2, 0.25) is 0 Å². The van der Waals surface area contributed by atoms with E-state index in [9.17, 15) is 0 Å². The number of rotatable bonds is 7. The molecule has 2 aliphatic carbocycles. The van der Waals surface area contributed by atoms with Gasteiger partial charge in [0.2, 0.25) is 17.7 Å². The van der Waals surface area contributed by atoms with Gasteiger partial charge in [-0.15, -0.1) is 0 Å². The third-order valence-corrected chi connectivity index (χ3v) is 9.15. The maximum Gasteiger partial charge on any atom is 0.223 e. The summed E-state index contributed by atoms with van der Waals surface area (Å²) in [4.78, 5) is 16.5. The number of hydrogen-bond acceptors (Lipinski definition) is 7. The molecule has 0 amide bonds. The average Bonchev–Trinajstić information content (AvgIpc) is 3.71. The van der Waals surface area contributed by atoms with Crippen LogP contribution in [0, 0.1) is 24.7 Å². The SMILES string of the molecule is Cc1nc(-c2ccc(N3C[C@@H]4C[C@H](C[C@@H]5CCCC[C@H]5Nc5nccc(-c6ccccc6)n5)[C@H]3C4)cc2)no1. The Bertz CT molecular complexity index is 1400. The molecule has 2 bridgehead atoms. The third kappa shape index (κ3) is 5.02. The van der Waals surface area contributed by atoms with E-state index in [1.165, 1.54) is 57.2 Å². The molecule has 3 fully saturated rings. The molecule has 1 saturated heterocycles. The van der Waals surface area contributed by atoms with Gasteiger partial charge in [-0.05, 0) is 80.2 Å². The van der Waals surface area contributed by atoms with Crippen LogP contribution in [0.4, 0.5) is 11.6 Å². The lowest BCUT2D eigenvalue weighted by atomic mass is 9.77. The van der Waals surface area contributed by atoms with E-state index >= 15 is 0 Å². The lowest BCUT2D eigenvalue weighted by Gasteiger charge is -2.39. The molecule has 2 aromatic heterocycles. The van der Waals surface area contributed by atoms with Crippen LogP contribution in [-0.4, -0.2) is 38.7 Å². The summed E-state index contributed by atoms with van der Waals surface area (Å²) in [5.74, 6) is 4.24. The van der Waals surface area contributed by atoms with Crippen LogP contribution in [0.25, 0.3) is 22.6 Å². The van der Waals surface area contributed by atoms with E-state index < -0.39 is 0 Å². The third-order valence-electron chi connectivity index (χ3n) is 9.15. The van der Waals surface area contributed by atoms with E-state index in [2.05, 4.69) is 73.9 Å². The lowest BCUT2D eigenvalue weighted by molar-refractivity contribution is 0.242. The standard InChI is InChI=1S/C32H36N6O/c1-21-34-31(37-39-21)24-11-13-27(14-12-24)38-20-22-17-26(30(38)18-22)19-25-9-5-6-10-28(25)35-32-33-16-15-29(36-32)23-7-3-2-4-8-23/h2-4,7-8,11-16,22,25-26,28,30H,5-6,9-10,17-20H2,1H3,(H,33,35,36)/t22-,25+,26-,28-,30-/m1/s1. The van der Waals surface area contributed by atoms with E-state index in [0.29, 0.717) is 29.7 Å². The molecule has 1 N–H and O–H groups in total. The maximum absolute atomic E-state index is 5.16. The number of aryl methyl sites for hydroxylation is 1. The summed E-state index contributed by atoms with van der Waals surface area (Å²) in [6.07, 6.45) is 11.0. The van der Waals surface area contributed by atoms with Crippen LogP contribution < -0.4 is 10.2 Å². The van der Waals surface area contributed by atoms with Gasteiger partial charge in [0, 0.05) is 48.6 Å². The van der Waals surface area contributed by atoms with Gasteiger partial charge in [0.25, 0.3) is 0 Å². The monoisotopic (exact) mass is 520 g/mol. The number of benzene rings is 2. The Kier molecular flexibility index (Phi) is 6.51. The lowest BCUT2D eigenvalue weighted by Crippen LogP contribution is -2.41. The Balaban J connectivity index is 1.03. The van der Waals surface area contributed by atoms with Crippen LogP contribution in [-0.2, 0) is 0 Å².